The van der Waals surface area contributed by atoms with Crippen molar-refractivity contribution in [1.82, 2.24) is 10.2 Å². The van der Waals surface area contributed by atoms with Crippen LogP contribution in [0.3, 0.4) is 0 Å². The Morgan fingerprint density at radius 1 is 0.841 bits per heavy atom. The molecule has 230 valence electrons. The average molecular weight is 634 g/mol. The summed E-state index contributed by atoms with van der Waals surface area (Å²) in [5, 5.41) is 3.34. The fraction of sp³-hybridized carbons (Fsp3) is 0.235. The number of methoxy groups -OCH3 is 1. The lowest BCUT2D eigenvalue weighted by Gasteiger charge is -2.34. The number of hydrogen-bond acceptors (Lipinski definition) is 5. The molecule has 44 heavy (non-hydrogen) atoms. The van der Waals surface area contributed by atoms with Gasteiger partial charge in [0.1, 0.15) is 18.3 Å². The third-order valence-electron chi connectivity index (χ3n) is 6.91. The van der Waals surface area contributed by atoms with Gasteiger partial charge in [-0.1, -0.05) is 72.3 Å². The van der Waals surface area contributed by atoms with E-state index in [4.69, 9.17) is 16.3 Å². The van der Waals surface area contributed by atoms with Crippen molar-refractivity contribution >= 4 is 39.1 Å². The van der Waals surface area contributed by atoms with Crippen molar-refractivity contribution in [2.45, 2.75) is 43.8 Å². The number of ether oxygens (including phenoxy) is 1. The molecule has 0 fully saturated rings. The van der Waals surface area contributed by atoms with E-state index in [2.05, 4.69) is 5.32 Å². The second-order valence-corrected chi connectivity index (χ2v) is 12.8. The largest absolute Gasteiger partial charge is 0.497 e. The van der Waals surface area contributed by atoms with Crippen LogP contribution in [-0.4, -0.2) is 50.9 Å². The van der Waals surface area contributed by atoms with Crippen LogP contribution in [0, 0.1) is 0 Å². The second kappa shape index (κ2) is 14.9. The summed E-state index contributed by atoms with van der Waals surface area (Å²) in [7, 11) is -2.65. The van der Waals surface area contributed by atoms with Crippen LogP contribution in [0.1, 0.15) is 25.0 Å². The molecule has 0 saturated heterocycles. The number of anilines is 1. The van der Waals surface area contributed by atoms with E-state index in [0.717, 1.165) is 15.4 Å². The maximum Gasteiger partial charge on any atom is 0.264 e. The van der Waals surface area contributed by atoms with Crippen LogP contribution in [0.2, 0.25) is 5.02 Å². The number of benzene rings is 4. The summed E-state index contributed by atoms with van der Waals surface area (Å²) in [6.45, 7) is 3.20. The van der Waals surface area contributed by atoms with Crippen molar-refractivity contribution in [3.05, 3.63) is 125 Å². The van der Waals surface area contributed by atoms with E-state index in [0.29, 0.717) is 16.5 Å². The predicted molar refractivity (Wildman–Crippen MR) is 173 cm³/mol. The van der Waals surface area contributed by atoms with Gasteiger partial charge >= 0.3 is 0 Å². The van der Waals surface area contributed by atoms with Crippen molar-refractivity contribution in [3.8, 4) is 5.75 Å². The average Bonchev–Trinajstić information content (AvgIpc) is 3.02. The number of hydrogen-bond donors (Lipinski definition) is 1. The fourth-order valence-electron chi connectivity index (χ4n) is 4.76. The first kappa shape index (κ1) is 32.6. The van der Waals surface area contributed by atoms with Crippen LogP contribution in [0.5, 0.6) is 5.75 Å². The Balaban J connectivity index is 1.79. The van der Waals surface area contributed by atoms with Gasteiger partial charge in [-0.25, -0.2) is 8.42 Å². The molecule has 0 aliphatic rings. The minimum atomic E-state index is -4.20. The summed E-state index contributed by atoms with van der Waals surface area (Å²) in [6.07, 6.45) is 0.227. The number of carbonyl (C=O) groups excluding carboxylic acids is 2. The Hall–Kier alpha value is -4.34. The highest BCUT2D eigenvalue weighted by Crippen LogP contribution is 2.26. The number of rotatable bonds is 13. The molecule has 1 N–H and O–H groups in total. The summed E-state index contributed by atoms with van der Waals surface area (Å²) >= 11 is 6.03. The van der Waals surface area contributed by atoms with E-state index < -0.39 is 28.5 Å². The van der Waals surface area contributed by atoms with Crippen molar-refractivity contribution in [2.24, 2.45) is 0 Å². The summed E-state index contributed by atoms with van der Waals surface area (Å²) < 4.78 is 34.5. The number of para-hydroxylation sites is 1. The van der Waals surface area contributed by atoms with Gasteiger partial charge in [-0.3, -0.25) is 13.9 Å². The van der Waals surface area contributed by atoms with Gasteiger partial charge in [-0.2, -0.15) is 0 Å². The van der Waals surface area contributed by atoms with Gasteiger partial charge in [0.15, 0.2) is 0 Å². The van der Waals surface area contributed by atoms with Crippen molar-refractivity contribution in [3.63, 3.8) is 0 Å². The molecule has 4 rings (SSSR count). The van der Waals surface area contributed by atoms with Gasteiger partial charge in [-0.15, -0.1) is 0 Å². The van der Waals surface area contributed by atoms with E-state index in [1.165, 1.54) is 29.2 Å². The normalized spacial score (nSPS) is 11.9. The first-order valence-electron chi connectivity index (χ1n) is 14.2. The summed E-state index contributed by atoms with van der Waals surface area (Å²) in [5.74, 6) is -0.293. The van der Waals surface area contributed by atoms with Gasteiger partial charge in [0.2, 0.25) is 11.8 Å². The molecule has 0 aromatic heterocycles. The molecule has 1 atom stereocenters. The summed E-state index contributed by atoms with van der Waals surface area (Å²) in [4.78, 5) is 29.6. The minimum absolute atomic E-state index is 0.0173. The van der Waals surface area contributed by atoms with Crippen molar-refractivity contribution in [2.75, 3.05) is 18.0 Å². The number of carbonyl (C=O) groups is 2. The number of amides is 2. The maximum atomic E-state index is 14.4. The molecule has 0 heterocycles. The lowest BCUT2D eigenvalue weighted by atomic mass is 10.0. The van der Waals surface area contributed by atoms with Crippen molar-refractivity contribution in [1.29, 1.82) is 0 Å². The first-order valence-corrected chi connectivity index (χ1v) is 16.0. The zero-order valence-corrected chi connectivity index (χ0v) is 26.5. The van der Waals surface area contributed by atoms with E-state index in [1.807, 2.05) is 50.2 Å². The summed E-state index contributed by atoms with van der Waals surface area (Å²) in [5.41, 5.74) is 1.89. The molecule has 0 aliphatic carbocycles. The highest BCUT2D eigenvalue weighted by Gasteiger charge is 2.34. The van der Waals surface area contributed by atoms with Gasteiger partial charge in [0, 0.05) is 24.0 Å². The molecule has 4 aromatic rings. The van der Waals surface area contributed by atoms with Gasteiger partial charge in [-0.05, 0) is 73.5 Å². The SMILES string of the molecule is COc1cccc(CN(C(=O)CN(c2ccccc2)S(=O)(=O)c2ccc(Cl)cc2)C(Cc2ccccc2)C(=O)NC(C)C)c1. The Bertz CT molecular complexity index is 1650. The van der Waals surface area contributed by atoms with E-state index in [-0.39, 0.29) is 29.8 Å². The standard InChI is InChI=1S/C34H36ClN3O5S/c1-25(2)36-34(40)32(22-26-11-6-4-7-12-26)37(23-27-13-10-16-30(21-27)43-3)33(39)24-38(29-14-8-5-9-15-29)44(41,42)31-19-17-28(35)18-20-31/h4-21,25,32H,22-24H2,1-3H3,(H,36,40). The molecule has 0 aliphatic heterocycles. The first-order chi connectivity index (χ1) is 21.1. The Kier molecular flexibility index (Phi) is 11.0. The quantitative estimate of drug-likeness (QED) is 0.204. The molecular formula is C34H36ClN3O5S. The lowest BCUT2D eigenvalue weighted by molar-refractivity contribution is -0.140. The van der Waals surface area contributed by atoms with Crippen LogP contribution in [-0.2, 0) is 32.6 Å². The van der Waals surface area contributed by atoms with Gasteiger partial charge in [0.05, 0.1) is 17.7 Å². The van der Waals surface area contributed by atoms with Crippen LogP contribution in [0.25, 0.3) is 0 Å². The molecule has 0 spiro atoms. The number of nitrogens with one attached hydrogen (secondary N) is 1. The predicted octanol–water partition coefficient (Wildman–Crippen LogP) is 5.71. The zero-order valence-electron chi connectivity index (χ0n) is 24.9. The van der Waals surface area contributed by atoms with Gasteiger partial charge in [0.25, 0.3) is 10.0 Å². The molecule has 0 saturated carbocycles. The Morgan fingerprint density at radius 3 is 2.07 bits per heavy atom. The fourth-order valence-corrected chi connectivity index (χ4v) is 6.30. The monoisotopic (exact) mass is 633 g/mol. The summed E-state index contributed by atoms with van der Waals surface area (Å²) in [6, 6.07) is 29.7. The third-order valence-corrected chi connectivity index (χ3v) is 8.95. The van der Waals surface area contributed by atoms with Crippen LogP contribution >= 0.6 is 11.6 Å². The molecule has 8 nitrogen and oxygen atoms in total. The number of nitrogens with zero attached hydrogens (tertiary/aromatic N) is 2. The number of sulfonamides is 1. The van der Waals surface area contributed by atoms with Crippen molar-refractivity contribution < 1.29 is 22.7 Å². The molecule has 10 heteroatoms. The molecular weight excluding hydrogens is 598 g/mol. The highest BCUT2D eigenvalue weighted by molar-refractivity contribution is 7.92. The second-order valence-electron chi connectivity index (χ2n) is 10.5. The molecule has 2 amide bonds. The number of halogens is 1. The van der Waals surface area contributed by atoms with E-state index >= 15 is 0 Å². The molecule has 0 radical (unpaired) electrons. The highest BCUT2D eigenvalue weighted by atomic mass is 35.5. The third kappa shape index (κ3) is 8.39. The Labute approximate surface area is 264 Å². The van der Waals surface area contributed by atoms with Crippen LogP contribution < -0.4 is 14.4 Å². The molecule has 0 bridgehead atoms. The van der Waals surface area contributed by atoms with Gasteiger partial charge < -0.3 is 15.0 Å². The minimum Gasteiger partial charge on any atom is -0.497 e. The lowest BCUT2D eigenvalue weighted by Crippen LogP contribution is -2.54. The molecule has 4 aromatic carbocycles. The zero-order chi connectivity index (χ0) is 31.7. The Morgan fingerprint density at radius 2 is 1.45 bits per heavy atom. The topological polar surface area (TPSA) is 96.0 Å². The van der Waals surface area contributed by atoms with E-state index in [1.54, 1.807) is 55.6 Å². The van der Waals surface area contributed by atoms with Crippen LogP contribution in [0.4, 0.5) is 5.69 Å². The maximum absolute atomic E-state index is 14.4. The smallest absolute Gasteiger partial charge is 0.264 e. The van der Waals surface area contributed by atoms with E-state index in [9.17, 15) is 18.0 Å². The van der Waals surface area contributed by atoms with Crippen LogP contribution in [0.15, 0.2) is 114 Å². The molecule has 1 unspecified atom stereocenters.